The molecule has 0 fully saturated rings. The molecule has 0 aliphatic carbocycles. The van der Waals surface area contributed by atoms with Crippen molar-refractivity contribution in [1.29, 1.82) is 0 Å². The topological polar surface area (TPSA) is 58.2 Å². The smallest absolute Gasteiger partial charge is 0.274 e. The summed E-state index contributed by atoms with van der Waals surface area (Å²) in [5.41, 5.74) is 2.54. The van der Waals surface area contributed by atoms with Crippen molar-refractivity contribution in [2.24, 2.45) is 0 Å². The Kier molecular flexibility index (Phi) is 4.48. The van der Waals surface area contributed by atoms with Gasteiger partial charge in [0.2, 0.25) is 0 Å². The summed E-state index contributed by atoms with van der Waals surface area (Å²) >= 11 is 0. The lowest BCUT2D eigenvalue weighted by atomic mass is 9.99. The number of hydrogen-bond acceptors (Lipinski definition) is 3. The molecule has 1 aliphatic heterocycles. The van der Waals surface area contributed by atoms with Crippen molar-refractivity contribution in [2.45, 2.75) is 65.2 Å². The van der Waals surface area contributed by atoms with Crippen LogP contribution in [0.1, 0.15) is 68.4 Å². The molecule has 0 saturated heterocycles. The van der Waals surface area contributed by atoms with Crippen molar-refractivity contribution in [2.75, 3.05) is 7.05 Å². The van der Waals surface area contributed by atoms with Gasteiger partial charge in [0.05, 0.1) is 17.9 Å². The molecule has 5 nitrogen and oxygen atoms in total. The summed E-state index contributed by atoms with van der Waals surface area (Å²) in [5.74, 6) is 0.0116. The number of aromatic amines is 1. The molecule has 1 aromatic rings. The summed E-state index contributed by atoms with van der Waals surface area (Å²) in [6.07, 6.45) is 2.76. The number of carbonyl (C=O) groups excluding carboxylic acids is 1. The number of hydrogen-bond donors (Lipinski definition) is 1. The molecule has 1 aromatic heterocycles. The van der Waals surface area contributed by atoms with Crippen LogP contribution in [-0.4, -0.2) is 40.2 Å². The lowest BCUT2D eigenvalue weighted by molar-refractivity contribution is -0.00702. The van der Waals surface area contributed by atoms with E-state index in [9.17, 15) is 4.79 Å². The lowest BCUT2D eigenvalue weighted by Crippen LogP contribution is -2.37. The summed E-state index contributed by atoms with van der Waals surface area (Å²) in [4.78, 5) is 14.5. The van der Waals surface area contributed by atoms with Crippen molar-refractivity contribution in [1.82, 2.24) is 15.1 Å². The van der Waals surface area contributed by atoms with Gasteiger partial charge < -0.3 is 9.64 Å². The highest BCUT2D eigenvalue weighted by atomic mass is 16.5. The summed E-state index contributed by atoms with van der Waals surface area (Å²) in [6.45, 7) is 8.24. The Labute approximate surface area is 120 Å². The Morgan fingerprint density at radius 3 is 2.70 bits per heavy atom. The van der Waals surface area contributed by atoms with E-state index in [2.05, 4.69) is 24.0 Å². The fraction of sp³-hybridized carbons (Fsp3) is 0.733. The minimum absolute atomic E-state index is 0.0116. The molecular weight excluding hydrogens is 254 g/mol. The Bertz CT molecular complexity index is 479. The molecule has 0 bridgehead atoms. The highest BCUT2D eigenvalue weighted by Crippen LogP contribution is 2.30. The van der Waals surface area contributed by atoms with E-state index in [1.807, 2.05) is 25.8 Å². The number of H-pyrrole nitrogens is 1. The van der Waals surface area contributed by atoms with Gasteiger partial charge in [-0.15, -0.1) is 0 Å². The third-order valence-electron chi connectivity index (χ3n) is 4.25. The number of nitrogens with one attached hydrogen (secondary N) is 1. The minimum atomic E-state index is -0.0266. The first-order chi connectivity index (χ1) is 9.49. The Balaban J connectivity index is 2.28. The van der Waals surface area contributed by atoms with Crippen LogP contribution in [0.3, 0.4) is 0 Å². The quantitative estimate of drug-likeness (QED) is 0.922. The molecule has 5 heteroatoms. The van der Waals surface area contributed by atoms with Crippen molar-refractivity contribution < 1.29 is 9.53 Å². The van der Waals surface area contributed by atoms with Gasteiger partial charge in [-0.05, 0) is 26.7 Å². The Morgan fingerprint density at radius 1 is 1.45 bits per heavy atom. The van der Waals surface area contributed by atoms with Gasteiger partial charge >= 0.3 is 0 Å². The summed E-state index contributed by atoms with van der Waals surface area (Å²) < 4.78 is 5.76. The van der Waals surface area contributed by atoms with Crippen LogP contribution < -0.4 is 0 Å². The molecule has 0 radical (unpaired) electrons. The number of aromatic nitrogens is 2. The minimum Gasteiger partial charge on any atom is -0.369 e. The van der Waals surface area contributed by atoms with Crippen molar-refractivity contribution >= 4 is 5.91 Å². The molecule has 0 unspecified atom stereocenters. The van der Waals surface area contributed by atoms with Crippen LogP contribution in [0.5, 0.6) is 0 Å². The predicted octanol–water partition coefficient (Wildman–Crippen LogP) is 2.69. The number of amides is 1. The number of ether oxygens (including phenoxy) is 1. The largest absolute Gasteiger partial charge is 0.369 e. The maximum atomic E-state index is 12.7. The predicted molar refractivity (Wildman–Crippen MR) is 77.7 cm³/mol. The van der Waals surface area contributed by atoms with E-state index in [1.54, 1.807) is 0 Å². The molecule has 112 valence electrons. The molecule has 2 heterocycles. The zero-order valence-electron chi connectivity index (χ0n) is 13.1. The fourth-order valence-corrected chi connectivity index (χ4v) is 3.02. The van der Waals surface area contributed by atoms with Crippen LogP contribution in [0, 0.1) is 0 Å². The summed E-state index contributed by atoms with van der Waals surface area (Å²) in [7, 11) is 1.87. The maximum Gasteiger partial charge on any atom is 0.274 e. The number of rotatable bonds is 4. The van der Waals surface area contributed by atoms with E-state index in [4.69, 9.17) is 4.74 Å². The molecule has 0 aromatic carbocycles. The van der Waals surface area contributed by atoms with Crippen molar-refractivity contribution in [3.63, 3.8) is 0 Å². The van der Waals surface area contributed by atoms with Gasteiger partial charge in [0, 0.05) is 25.1 Å². The molecule has 2 rings (SSSR count). The second-order valence-electron chi connectivity index (χ2n) is 5.64. The van der Waals surface area contributed by atoms with Crippen LogP contribution in [0.15, 0.2) is 0 Å². The third-order valence-corrected chi connectivity index (χ3v) is 4.25. The normalized spacial score (nSPS) is 21.9. The van der Waals surface area contributed by atoms with Crippen LogP contribution in [0.4, 0.5) is 0 Å². The van der Waals surface area contributed by atoms with E-state index >= 15 is 0 Å². The van der Waals surface area contributed by atoms with E-state index in [0.29, 0.717) is 5.69 Å². The van der Waals surface area contributed by atoms with Gasteiger partial charge in [0.25, 0.3) is 5.91 Å². The zero-order chi connectivity index (χ0) is 14.9. The average molecular weight is 279 g/mol. The zero-order valence-corrected chi connectivity index (χ0v) is 13.1. The van der Waals surface area contributed by atoms with Crippen molar-refractivity contribution in [3.8, 4) is 0 Å². The number of fused-ring (bicyclic) bond motifs is 1. The molecule has 1 amide bonds. The highest BCUT2D eigenvalue weighted by molar-refractivity contribution is 5.94. The van der Waals surface area contributed by atoms with Gasteiger partial charge in [-0.3, -0.25) is 9.89 Å². The summed E-state index contributed by atoms with van der Waals surface area (Å²) in [5, 5.41) is 7.24. The lowest BCUT2D eigenvalue weighted by Gasteiger charge is -2.28. The first kappa shape index (κ1) is 15.0. The molecule has 0 spiro atoms. The van der Waals surface area contributed by atoms with E-state index in [0.717, 1.165) is 30.5 Å². The van der Waals surface area contributed by atoms with E-state index < -0.39 is 0 Å². The molecule has 20 heavy (non-hydrogen) atoms. The van der Waals surface area contributed by atoms with Gasteiger partial charge in [0.15, 0.2) is 5.69 Å². The van der Waals surface area contributed by atoms with Crippen molar-refractivity contribution in [3.05, 3.63) is 17.0 Å². The molecule has 1 N–H and O–H groups in total. The first-order valence-electron chi connectivity index (χ1n) is 7.49. The van der Waals surface area contributed by atoms with E-state index in [1.165, 1.54) is 0 Å². The van der Waals surface area contributed by atoms with Crippen LogP contribution in [0.2, 0.25) is 0 Å². The number of carbonyl (C=O) groups is 1. The standard InChI is InChI=1S/C15H25N3O2/c1-6-11(7-2)18(5)15(19)14-12-8-9(3)20-10(4)13(12)16-17-14/h9-11H,6-8H2,1-5H3,(H,16,17)/t9-,10+/m0/s1. The second kappa shape index (κ2) is 5.95. The SMILES string of the molecule is CCC(CC)N(C)C(=O)c1n[nH]c2c1C[C@H](C)O[C@@H]2C. The monoisotopic (exact) mass is 279 g/mol. The third kappa shape index (κ3) is 2.59. The fourth-order valence-electron chi connectivity index (χ4n) is 3.02. The van der Waals surface area contributed by atoms with Crippen LogP contribution >= 0.6 is 0 Å². The summed E-state index contributed by atoms with van der Waals surface area (Å²) in [6, 6.07) is 0.268. The average Bonchev–Trinajstić information content (AvgIpc) is 2.83. The molecular formula is C15H25N3O2. The Morgan fingerprint density at radius 2 is 2.10 bits per heavy atom. The highest BCUT2D eigenvalue weighted by Gasteiger charge is 2.31. The second-order valence-corrected chi connectivity index (χ2v) is 5.64. The van der Waals surface area contributed by atoms with Crippen LogP contribution in [0.25, 0.3) is 0 Å². The Hall–Kier alpha value is -1.36. The molecule has 2 atom stereocenters. The van der Waals surface area contributed by atoms with E-state index in [-0.39, 0.29) is 24.2 Å². The van der Waals surface area contributed by atoms with Gasteiger partial charge in [-0.25, -0.2) is 0 Å². The first-order valence-corrected chi connectivity index (χ1v) is 7.49. The molecule has 0 saturated carbocycles. The van der Waals surface area contributed by atoms with Gasteiger partial charge in [0.1, 0.15) is 0 Å². The molecule has 1 aliphatic rings. The maximum absolute atomic E-state index is 12.7. The van der Waals surface area contributed by atoms with Gasteiger partial charge in [-0.1, -0.05) is 13.8 Å². The number of nitrogens with zero attached hydrogens (tertiary/aromatic N) is 2. The van der Waals surface area contributed by atoms with Gasteiger partial charge in [-0.2, -0.15) is 5.10 Å². The van der Waals surface area contributed by atoms with Crippen LogP contribution in [-0.2, 0) is 11.2 Å².